The van der Waals surface area contributed by atoms with Crippen LogP contribution in [0.25, 0.3) is 0 Å². The highest BCUT2D eigenvalue weighted by Gasteiger charge is 2.05. The fourth-order valence-corrected chi connectivity index (χ4v) is 3.71. The fourth-order valence-electron chi connectivity index (χ4n) is 3.71. The first-order valence-electron chi connectivity index (χ1n) is 10.7. The number of benzene rings is 4. The number of phenols is 3. The van der Waals surface area contributed by atoms with Gasteiger partial charge in [-0.05, 0) is 96.5 Å². The highest BCUT2D eigenvalue weighted by molar-refractivity contribution is 5.41. The van der Waals surface area contributed by atoms with Crippen LogP contribution in [0, 0.1) is 0 Å². The molecule has 0 aliphatic heterocycles. The van der Waals surface area contributed by atoms with Gasteiger partial charge in [-0.2, -0.15) is 0 Å². The zero-order valence-electron chi connectivity index (χ0n) is 17.7. The van der Waals surface area contributed by atoms with Gasteiger partial charge in [0.1, 0.15) is 28.7 Å². The molecule has 0 unspecified atom stereocenters. The van der Waals surface area contributed by atoms with Crippen LogP contribution in [-0.4, -0.2) is 15.3 Å². The molecule has 0 fully saturated rings. The van der Waals surface area contributed by atoms with E-state index in [4.69, 9.17) is 4.74 Å². The van der Waals surface area contributed by atoms with Gasteiger partial charge in [0.25, 0.3) is 0 Å². The summed E-state index contributed by atoms with van der Waals surface area (Å²) in [5, 5.41) is 29.3. The average molecular weight is 427 g/mol. The highest BCUT2D eigenvalue weighted by atomic mass is 16.5. The zero-order chi connectivity index (χ0) is 22.3. The van der Waals surface area contributed by atoms with Crippen molar-refractivity contribution in [3.8, 4) is 28.7 Å². The van der Waals surface area contributed by atoms with Gasteiger partial charge in [-0.25, -0.2) is 0 Å². The molecule has 4 aromatic rings. The van der Waals surface area contributed by atoms with Crippen molar-refractivity contribution in [1.29, 1.82) is 0 Å². The Bertz CT molecular complexity index is 1180. The Hall–Kier alpha value is -3.92. The van der Waals surface area contributed by atoms with E-state index in [-0.39, 0.29) is 11.5 Å². The minimum Gasteiger partial charge on any atom is -0.508 e. The van der Waals surface area contributed by atoms with Crippen LogP contribution in [0.3, 0.4) is 0 Å². The number of hydrogen-bond acceptors (Lipinski definition) is 4. The summed E-state index contributed by atoms with van der Waals surface area (Å²) < 4.78 is 5.97. The van der Waals surface area contributed by atoms with E-state index < -0.39 is 0 Å². The normalized spacial score (nSPS) is 10.8. The Morgan fingerprint density at radius 1 is 0.438 bits per heavy atom. The van der Waals surface area contributed by atoms with Crippen molar-refractivity contribution in [1.82, 2.24) is 0 Å². The molecule has 162 valence electrons. The molecule has 4 aromatic carbocycles. The van der Waals surface area contributed by atoms with E-state index in [1.165, 1.54) is 5.56 Å². The molecule has 0 aliphatic carbocycles. The van der Waals surface area contributed by atoms with Gasteiger partial charge in [-0.15, -0.1) is 0 Å². The quantitative estimate of drug-likeness (QED) is 0.315. The van der Waals surface area contributed by atoms with Gasteiger partial charge in [-0.3, -0.25) is 0 Å². The summed E-state index contributed by atoms with van der Waals surface area (Å²) in [5.74, 6) is 2.00. The molecular formula is C28H26O4. The summed E-state index contributed by atoms with van der Waals surface area (Å²) >= 11 is 0. The van der Waals surface area contributed by atoms with Gasteiger partial charge in [0.15, 0.2) is 0 Å². The van der Waals surface area contributed by atoms with Gasteiger partial charge in [-0.1, -0.05) is 36.4 Å². The molecule has 0 aromatic heterocycles. The minimum atomic E-state index is 0.163. The molecule has 0 heterocycles. The topological polar surface area (TPSA) is 69.9 Å². The third-order valence-electron chi connectivity index (χ3n) is 5.34. The van der Waals surface area contributed by atoms with Crippen LogP contribution in [0.4, 0.5) is 0 Å². The molecular weight excluding hydrogens is 400 g/mol. The van der Waals surface area contributed by atoms with Crippen molar-refractivity contribution < 1.29 is 20.1 Å². The van der Waals surface area contributed by atoms with E-state index >= 15 is 0 Å². The van der Waals surface area contributed by atoms with Crippen molar-refractivity contribution >= 4 is 0 Å². The molecule has 4 rings (SSSR count). The summed E-state index contributed by atoms with van der Waals surface area (Å²) in [6.45, 7) is 0. The molecule has 4 heteroatoms. The third-order valence-corrected chi connectivity index (χ3v) is 5.34. The van der Waals surface area contributed by atoms with Crippen molar-refractivity contribution in [2.24, 2.45) is 0 Å². The Labute approximate surface area is 188 Å². The molecule has 0 aliphatic rings. The van der Waals surface area contributed by atoms with Crippen LogP contribution >= 0.6 is 0 Å². The monoisotopic (exact) mass is 426 g/mol. The Morgan fingerprint density at radius 2 is 0.969 bits per heavy atom. The minimum absolute atomic E-state index is 0.163. The van der Waals surface area contributed by atoms with Gasteiger partial charge in [0, 0.05) is 6.07 Å². The summed E-state index contributed by atoms with van der Waals surface area (Å²) in [6, 6.07) is 27.7. The maximum Gasteiger partial charge on any atom is 0.131 e. The van der Waals surface area contributed by atoms with Crippen LogP contribution in [0.2, 0.25) is 0 Å². The van der Waals surface area contributed by atoms with Gasteiger partial charge in [0.2, 0.25) is 0 Å². The Balaban J connectivity index is 1.37. The molecule has 0 saturated carbocycles. The second-order valence-corrected chi connectivity index (χ2v) is 7.92. The maximum absolute atomic E-state index is 10.1. The lowest BCUT2D eigenvalue weighted by Gasteiger charge is -2.10. The van der Waals surface area contributed by atoms with E-state index in [1.54, 1.807) is 36.4 Å². The number of hydrogen-bond donors (Lipinski definition) is 3. The molecule has 0 radical (unpaired) electrons. The fraction of sp³-hybridized carbons (Fsp3) is 0.143. The molecule has 4 nitrogen and oxygen atoms in total. The number of ether oxygens (including phenoxy) is 1. The first-order chi connectivity index (χ1) is 15.5. The zero-order valence-corrected chi connectivity index (χ0v) is 17.7. The largest absolute Gasteiger partial charge is 0.508 e. The molecule has 0 atom stereocenters. The Kier molecular flexibility index (Phi) is 6.61. The number of aryl methyl sites for hydroxylation is 4. The van der Waals surface area contributed by atoms with E-state index in [1.807, 2.05) is 54.6 Å². The van der Waals surface area contributed by atoms with Gasteiger partial charge in [0.05, 0.1) is 0 Å². The predicted octanol–water partition coefficient (Wildman–Crippen LogP) is 6.17. The van der Waals surface area contributed by atoms with Crippen LogP contribution in [0.15, 0.2) is 91.0 Å². The standard InChI is InChI=1S/C28H26O4/c29-24-5-1-3-21(15-24)8-7-20-11-13-27(14-12-20)32-28-18-23(17-26(31)19-28)10-9-22-4-2-6-25(30)16-22/h1-6,11-19,29-31H,7-10H2. The Morgan fingerprint density at radius 3 is 1.56 bits per heavy atom. The highest BCUT2D eigenvalue weighted by Crippen LogP contribution is 2.28. The lowest BCUT2D eigenvalue weighted by molar-refractivity contribution is 0.453. The third kappa shape index (κ3) is 6.05. The second kappa shape index (κ2) is 9.92. The molecule has 3 N–H and O–H groups in total. The van der Waals surface area contributed by atoms with Crippen molar-refractivity contribution in [2.45, 2.75) is 25.7 Å². The average Bonchev–Trinajstić information content (AvgIpc) is 2.77. The number of rotatable bonds is 8. The molecule has 32 heavy (non-hydrogen) atoms. The van der Waals surface area contributed by atoms with E-state index in [2.05, 4.69) is 0 Å². The van der Waals surface area contributed by atoms with Crippen molar-refractivity contribution in [3.63, 3.8) is 0 Å². The molecule has 0 bridgehead atoms. The molecule has 0 saturated heterocycles. The van der Waals surface area contributed by atoms with Crippen LogP contribution < -0.4 is 4.74 Å². The SMILES string of the molecule is Oc1cccc(CCc2ccc(Oc3cc(O)cc(CCc4cccc(O)c4)c3)cc2)c1. The molecule has 0 spiro atoms. The van der Waals surface area contributed by atoms with E-state index in [0.29, 0.717) is 17.2 Å². The van der Waals surface area contributed by atoms with Crippen LogP contribution in [0.5, 0.6) is 28.7 Å². The smallest absolute Gasteiger partial charge is 0.131 e. The first-order valence-corrected chi connectivity index (χ1v) is 10.7. The maximum atomic E-state index is 10.1. The predicted molar refractivity (Wildman–Crippen MR) is 126 cm³/mol. The van der Waals surface area contributed by atoms with Gasteiger partial charge < -0.3 is 20.1 Å². The van der Waals surface area contributed by atoms with Gasteiger partial charge >= 0.3 is 0 Å². The summed E-state index contributed by atoms with van der Waals surface area (Å²) in [6.07, 6.45) is 3.20. The summed E-state index contributed by atoms with van der Waals surface area (Å²) in [4.78, 5) is 0. The van der Waals surface area contributed by atoms with E-state index in [9.17, 15) is 15.3 Å². The van der Waals surface area contributed by atoms with Crippen molar-refractivity contribution in [2.75, 3.05) is 0 Å². The first kappa shape index (κ1) is 21.3. The van der Waals surface area contributed by atoms with E-state index in [0.717, 1.165) is 42.4 Å². The number of aromatic hydroxyl groups is 3. The molecule has 0 amide bonds. The van der Waals surface area contributed by atoms with Crippen LogP contribution in [0.1, 0.15) is 22.3 Å². The summed E-state index contributed by atoms with van der Waals surface area (Å²) in [5.41, 5.74) is 4.29. The second-order valence-electron chi connectivity index (χ2n) is 7.92. The lowest BCUT2D eigenvalue weighted by atomic mass is 10.0. The van der Waals surface area contributed by atoms with Crippen LogP contribution in [-0.2, 0) is 25.7 Å². The number of phenolic OH excluding ortho intramolecular Hbond substituents is 3. The summed E-state index contributed by atoms with van der Waals surface area (Å²) in [7, 11) is 0. The lowest BCUT2D eigenvalue weighted by Crippen LogP contribution is -1.93. The van der Waals surface area contributed by atoms with Crippen molar-refractivity contribution in [3.05, 3.63) is 113 Å².